The quantitative estimate of drug-likeness (QED) is 0.496. The van der Waals surface area contributed by atoms with E-state index in [9.17, 15) is 19.2 Å². The minimum atomic E-state index is -1.06. The molecule has 0 saturated carbocycles. The van der Waals surface area contributed by atoms with Crippen LogP contribution in [0.2, 0.25) is 0 Å². The molecule has 10 heteroatoms. The highest BCUT2D eigenvalue weighted by Gasteiger charge is 2.12. The summed E-state index contributed by atoms with van der Waals surface area (Å²) in [4.78, 5) is 43.6. The molecule has 178 valence electrons. The molecule has 0 radical (unpaired) electrons. The second kappa shape index (κ2) is 14.3. The van der Waals surface area contributed by atoms with Crippen molar-refractivity contribution in [3.8, 4) is 0 Å². The van der Waals surface area contributed by atoms with Crippen molar-refractivity contribution >= 4 is 23.9 Å². The van der Waals surface area contributed by atoms with Crippen molar-refractivity contribution < 1.29 is 49.1 Å². The van der Waals surface area contributed by atoms with Gasteiger partial charge in [-0.05, 0) is 68.3 Å². The average Bonchev–Trinajstić information content (AvgIpc) is 2.81. The number of aliphatic hydroxyl groups is 2. The highest BCUT2D eigenvalue weighted by atomic mass is 16.5. The van der Waals surface area contributed by atoms with Crippen molar-refractivity contribution in [3.63, 3.8) is 0 Å². The fourth-order valence-corrected chi connectivity index (χ4v) is 2.20. The Bertz CT molecular complexity index is 845. The molecule has 0 spiro atoms. The number of carbonyl (C=O) groups excluding carboxylic acids is 2. The molecule has 2 bridgehead atoms. The van der Waals surface area contributed by atoms with Crippen LogP contribution < -0.4 is 0 Å². The molecule has 1 unspecified atom stereocenters. The molecule has 10 nitrogen and oxygen atoms in total. The van der Waals surface area contributed by atoms with Crippen molar-refractivity contribution in [2.24, 2.45) is 0 Å². The minimum Gasteiger partial charge on any atom is -0.478 e. The third kappa shape index (κ3) is 10.4. The first-order valence-electron chi connectivity index (χ1n) is 9.95. The highest BCUT2D eigenvalue weighted by Crippen LogP contribution is 2.09. The molecule has 2 aliphatic rings. The maximum absolute atomic E-state index is 11.5. The van der Waals surface area contributed by atoms with Crippen molar-refractivity contribution in [1.29, 1.82) is 0 Å². The fourth-order valence-electron chi connectivity index (χ4n) is 2.20. The second-order valence-corrected chi connectivity index (χ2v) is 6.78. The normalized spacial score (nSPS) is 13.9. The molecule has 0 saturated heterocycles. The van der Waals surface area contributed by atoms with Gasteiger partial charge < -0.3 is 29.9 Å². The number of carboxylic acid groups (broad SMARTS) is 2. The van der Waals surface area contributed by atoms with E-state index in [-0.39, 0.29) is 29.7 Å². The predicted octanol–water partition coefficient (Wildman–Crippen LogP) is 2.24. The average molecular weight is 462 g/mol. The van der Waals surface area contributed by atoms with Gasteiger partial charge in [0.2, 0.25) is 0 Å². The molecule has 4 rings (SSSR count). The van der Waals surface area contributed by atoms with E-state index in [1.165, 1.54) is 31.2 Å². The Morgan fingerprint density at radius 2 is 1.09 bits per heavy atom. The summed E-state index contributed by atoms with van der Waals surface area (Å²) in [5.41, 5.74) is 1.08. The largest absolute Gasteiger partial charge is 0.478 e. The van der Waals surface area contributed by atoms with E-state index >= 15 is 0 Å². The first-order chi connectivity index (χ1) is 15.6. The Morgan fingerprint density at radius 3 is 1.33 bits per heavy atom. The summed E-state index contributed by atoms with van der Waals surface area (Å²) in [6.45, 7) is 2.11. The van der Waals surface area contributed by atoms with Gasteiger partial charge in [0.1, 0.15) is 0 Å². The van der Waals surface area contributed by atoms with Crippen LogP contribution in [0.3, 0.4) is 0 Å². The summed E-state index contributed by atoms with van der Waals surface area (Å²) >= 11 is 0. The lowest BCUT2D eigenvalue weighted by Gasteiger charge is -2.09. The van der Waals surface area contributed by atoms with Crippen LogP contribution in [-0.4, -0.2) is 70.2 Å². The van der Waals surface area contributed by atoms with Gasteiger partial charge in [0, 0.05) is 0 Å². The molecule has 2 aliphatic heterocycles. The maximum atomic E-state index is 11.5. The maximum Gasteiger partial charge on any atom is 0.338 e. The summed E-state index contributed by atoms with van der Waals surface area (Å²) in [5.74, 6) is -2.82. The lowest BCUT2D eigenvalue weighted by atomic mass is 10.1. The van der Waals surface area contributed by atoms with Gasteiger partial charge in [0.05, 0.1) is 48.2 Å². The zero-order chi connectivity index (χ0) is 24.8. The number of fused-ring (bicyclic) bond motifs is 9. The van der Waals surface area contributed by atoms with Crippen LogP contribution in [0.4, 0.5) is 0 Å². The molecule has 2 aromatic carbocycles. The summed E-state index contributed by atoms with van der Waals surface area (Å²) in [6, 6.07) is 11.3. The summed E-state index contributed by atoms with van der Waals surface area (Å²) in [5, 5.41) is 32.9. The SMILES string of the molecule is CC(O)CO.O=C(O)c1ccc(C(=O)O)cc1.O=C1OCCCCOC(=O)c2ccc1cc2. The first kappa shape index (κ1) is 27.3. The number of aromatic carboxylic acids is 2. The van der Waals surface area contributed by atoms with Crippen LogP contribution in [0.1, 0.15) is 61.2 Å². The number of carbonyl (C=O) groups is 4. The third-order valence-corrected chi connectivity index (χ3v) is 4.00. The Balaban J connectivity index is 0.000000283. The number of hydrogen-bond donors (Lipinski definition) is 4. The topological polar surface area (TPSA) is 168 Å². The van der Waals surface area contributed by atoms with Crippen LogP contribution in [0.5, 0.6) is 0 Å². The summed E-state index contributed by atoms with van der Waals surface area (Å²) in [6.07, 6.45) is 0.847. The number of rotatable bonds is 3. The van der Waals surface area contributed by atoms with Crippen LogP contribution in [0, 0.1) is 0 Å². The summed E-state index contributed by atoms with van der Waals surface area (Å²) in [7, 11) is 0. The number of hydrogen-bond acceptors (Lipinski definition) is 8. The van der Waals surface area contributed by atoms with Crippen LogP contribution in [-0.2, 0) is 9.47 Å². The molecule has 1 atom stereocenters. The van der Waals surface area contributed by atoms with E-state index in [0.717, 1.165) is 0 Å². The second-order valence-electron chi connectivity index (χ2n) is 6.78. The lowest BCUT2D eigenvalue weighted by Crippen LogP contribution is -2.12. The summed E-state index contributed by atoms with van der Waals surface area (Å²) < 4.78 is 10.1. The molecule has 2 aromatic rings. The van der Waals surface area contributed by atoms with E-state index in [1.807, 2.05) is 0 Å². The number of carboxylic acids is 2. The van der Waals surface area contributed by atoms with Gasteiger partial charge in [-0.1, -0.05) is 0 Å². The Labute approximate surface area is 190 Å². The molecule has 4 N–H and O–H groups in total. The number of esters is 2. The van der Waals surface area contributed by atoms with E-state index in [4.69, 9.17) is 29.9 Å². The Hall–Kier alpha value is -3.76. The molecule has 0 fully saturated rings. The van der Waals surface area contributed by atoms with Gasteiger partial charge in [-0.3, -0.25) is 0 Å². The smallest absolute Gasteiger partial charge is 0.338 e. The minimum absolute atomic E-state index is 0.0833. The van der Waals surface area contributed by atoms with Gasteiger partial charge in [-0.15, -0.1) is 0 Å². The van der Waals surface area contributed by atoms with Crippen molar-refractivity contribution in [3.05, 3.63) is 70.8 Å². The van der Waals surface area contributed by atoms with Crippen LogP contribution in [0.25, 0.3) is 0 Å². The lowest BCUT2D eigenvalue weighted by molar-refractivity contribution is 0.0427. The first-order valence-corrected chi connectivity index (χ1v) is 9.95. The molecular weight excluding hydrogens is 436 g/mol. The molecular formula is C23H26O10. The van der Waals surface area contributed by atoms with Crippen molar-refractivity contribution in [1.82, 2.24) is 0 Å². The van der Waals surface area contributed by atoms with Gasteiger partial charge in [0.25, 0.3) is 0 Å². The van der Waals surface area contributed by atoms with Gasteiger partial charge >= 0.3 is 23.9 Å². The fraction of sp³-hybridized carbons (Fsp3) is 0.304. The van der Waals surface area contributed by atoms with Gasteiger partial charge in [-0.25, -0.2) is 19.2 Å². The van der Waals surface area contributed by atoms with Crippen molar-refractivity contribution in [2.75, 3.05) is 19.8 Å². The van der Waals surface area contributed by atoms with Crippen LogP contribution >= 0.6 is 0 Å². The van der Waals surface area contributed by atoms with Crippen LogP contribution in [0.15, 0.2) is 48.5 Å². The number of benzene rings is 2. The van der Waals surface area contributed by atoms with E-state index in [1.54, 1.807) is 24.3 Å². The molecule has 0 aliphatic carbocycles. The molecule has 0 aromatic heterocycles. The zero-order valence-electron chi connectivity index (χ0n) is 18.0. The highest BCUT2D eigenvalue weighted by molar-refractivity contribution is 5.93. The number of aliphatic hydroxyl groups excluding tert-OH is 2. The standard InChI is InChI=1S/C12H12O4.C8H6O4.C3H8O2/c13-11-9-3-5-10(6-4-9)12(14)16-8-2-1-7-15-11;9-7(10)5-1-2-6(4-3-5)8(11)12;1-3(5)2-4/h3-6H,1-2,7-8H2;1-4H,(H,9,10)(H,11,12);3-5H,2H2,1H3. The van der Waals surface area contributed by atoms with E-state index in [2.05, 4.69) is 0 Å². The predicted molar refractivity (Wildman–Crippen MR) is 115 cm³/mol. The zero-order valence-corrected chi connectivity index (χ0v) is 18.0. The molecule has 0 amide bonds. The van der Waals surface area contributed by atoms with E-state index < -0.39 is 18.0 Å². The third-order valence-electron chi connectivity index (χ3n) is 4.00. The molecule has 2 heterocycles. The Morgan fingerprint density at radius 1 is 0.788 bits per heavy atom. The number of ether oxygens (including phenoxy) is 2. The van der Waals surface area contributed by atoms with E-state index in [0.29, 0.717) is 37.2 Å². The van der Waals surface area contributed by atoms with Gasteiger partial charge in [-0.2, -0.15) is 0 Å². The van der Waals surface area contributed by atoms with Crippen molar-refractivity contribution in [2.45, 2.75) is 25.9 Å². The Kier molecular flexibility index (Phi) is 11.8. The monoisotopic (exact) mass is 462 g/mol. The van der Waals surface area contributed by atoms with Gasteiger partial charge in [0.15, 0.2) is 0 Å². The molecule has 33 heavy (non-hydrogen) atoms.